The predicted octanol–water partition coefficient (Wildman–Crippen LogP) is 2.79. The Morgan fingerprint density at radius 2 is 1.12 bits per heavy atom. The molecule has 0 atom stereocenters. The zero-order chi connectivity index (χ0) is 5.70. The smallest absolute Gasteiger partial charge is 0 e. The van der Waals surface area contributed by atoms with Gasteiger partial charge in [0.15, 0.2) is 0 Å². The first-order valence-electron chi connectivity index (χ1n) is 3.18. The van der Waals surface area contributed by atoms with Gasteiger partial charge < -0.3 is 5.92 Å². The van der Waals surface area contributed by atoms with Gasteiger partial charge in [-0.25, -0.2) is 0 Å². The van der Waals surface area contributed by atoms with Crippen LogP contribution in [0, 0.1) is 5.92 Å². The molecule has 0 saturated heterocycles. The molecule has 0 nitrogen and oxygen atoms in total. The minimum absolute atomic E-state index is 0. The first-order chi connectivity index (χ1) is 3.35. The summed E-state index contributed by atoms with van der Waals surface area (Å²) in [5, 5.41) is 0. The summed E-state index contributed by atoms with van der Waals surface area (Å²) in [6.45, 7) is 6.67. The van der Waals surface area contributed by atoms with Crippen LogP contribution >= 0.6 is 0 Å². The van der Waals surface area contributed by atoms with Gasteiger partial charge in [0.05, 0.1) is 0 Å². The summed E-state index contributed by atoms with van der Waals surface area (Å²) in [6, 6.07) is 0. The van der Waals surface area contributed by atoms with E-state index < -0.39 is 0 Å². The molecule has 0 heterocycles. The third kappa shape index (κ3) is 4.86. The van der Waals surface area contributed by atoms with Crippen LogP contribution in [0.25, 0.3) is 0 Å². The summed E-state index contributed by atoms with van der Waals surface area (Å²) in [5.41, 5.74) is 0. The second-order valence-electron chi connectivity index (χ2n) is 1.81. The fourth-order valence-corrected chi connectivity index (χ4v) is 0.750. The molecule has 0 rings (SSSR count). The van der Waals surface area contributed by atoms with Crippen LogP contribution in [0.2, 0.25) is 0 Å². The molecule has 0 aromatic rings. The predicted molar refractivity (Wildman–Crippen MR) is 34.1 cm³/mol. The summed E-state index contributed by atoms with van der Waals surface area (Å²) in [6.07, 6.45) is 3.81. The maximum absolute atomic E-state index is 2.22. The van der Waals surface area contributed by atoms with Crippen molar-refractivity contribution in [2.45, 2.75) is 40.0 Å². The topological polar surface area (TPSA) is 0 Å². The molecule has 0 aromatic carbocycles. The van der Waals surface area contributed by atoms with E-state index in [1.165, 1.54) is 19.3 Å². The average Bonchev–Trinajstić information content (AvgIpc) is 1.72. The summed E-state index contributed by atoms with van der Waals surface area (Å²) < 4.78 is 0. The molecule has 0 spiro atoms. The van der Waals surface area contributed by atoms with E-state index >= 15 is 0 Å². The monoisotopic (exact) mass is 147 g/mol. The van der Waals surface area contributed by atoms with E-state index in [4.69, 9.17) is 0 Å². The van der Waals surface area contributed by atoms with Crippen LogP contribution in [0.5, 0.6) is 0 Å². The zero-order valence-corrected chi connectivity index (χ0v) is 7.68. The number of hydrogen-bond acceptors (Lipinski definition) is 0. The molecule has 1 heteroatoms. The van der Waals surface area contributed by atoms with E-state index in [1.807, 2.05) is 0 Å². The summed E-state index contributed by atoms with van der Waals surface area (Å²) in [4.78, 5) is 0. The zero-order valence-electron chi connectivity index (χ0n) is 6.12. The maximum atomic E-state index is 2.22. The van der Waals surface area contributed by atoms with Crippen LogP contribution in [-0.4, -0.2) is 0 Å². The van der Waals surface area contributed by atoms with E-state index in [1.54, 1.807) is 5.92 Å². The van der Waals surface area contributed by atoms with E-state index in [2.05, 4.69) is 20.8 Å². The normalized spacial score (nSPS) is 9.00. The van der Waals surface area contributed by atoms with Crippen molar-refractivity contribution in [1.29, 1.82) is 0 Å². The average molecular weight is 147 g/mol. The van der Waals surface area contributed by atoms with Gasteiger partial charge in [-0.1, -0.05) is 20.8 Å². The molecule has 0 radical (unpaired) electrons. The Kier molecular flexibility index (Phi) is 11.1. The van der Waals surface area contributed by atoms with Crippen LogP contribution in [0.3, 0.4) is 0 Å². The van der Waals surface area contributed by atoms with E-state index in [9.17, 15) is 0 Å². The van der Waals surface area contributed by atoms with Gasteiger partial charge in [0.2, 0.25) is 0 Å². The molecule has 0 bridgehead atoms. The van der Waals surface area contributed by atoms with Gasteiger partial charge in [0, 0.05) is 21.7 Å². The molecule has 0 aromatic heterocycles. The molecule has 8 heavy (non-hydrogen) atoms. The molecular weight excluding hydrogens is 132 g/mol. The van der Waals surface area contributed by atoms with Crippen molar-refractivity contribution in [3.05, 3.63) is 5.92 Å². The fourth-order valence-electron chi connectivity index (χ4n) is 0.750. The van der Waals surface area contributed by atoms with Gasteiger partial charge in [0.25, 0.3) is 0 Å². The van der Waals surface area contributed by atoms with Gasteiger partial charge in [0.1, 0.15) is 0 Å². The first-order valence-corrected chi connectivity index (χ1v) is 3.18. The summed E-state index contributed by atoms with van der Waals surface area (Å²) in [5.74, 6) is 1.68. The van der Waals surface area contributed by atoms with Crippen molar-refractivity contribution in [3.63, 3.8) is 0 Å². The quantitative estimate of drug-likeness (QED) is 0.425. The van der Waals surface area contributed by atoms with Crippen molar-refractivity contribution in [3.8, 4) is 0 Å². The van der Waals surface area contributed by atoms with Crippen molar-refractivity contribution >= 4 is 0 Å². The van der Waals surface area contributed by atoms with Crippen molar-refractivity contribution in [2.24, 2.45) is 0 Å². The van der Waals surface area contributed by atoms with E-state index in [0.717, 1.165) is 0 Å². The Hall–Kier alpha value is 0.714. The molecule has 48 valence electrons. The van der Waals surface area contributed by atoms with Crippen molar-refractivity contribution in [1.82, 2.24) is 0 Å². The minimum atomic E-state index is 0. The fraction of sp³-hybridized carbons (Fsp3) is 0.857. The van der Waals surface area contributed by atoms with Crippen LogP contribution in [-0.2, 0) is 21.7 Å². The van der Waals surface area contributed by atoms with Crippen LogP contribution in [0.1, 0.15) is 40.0 Å². The molecule has 0 aliphatic carbocycles. The van der Waals surface area contributed by atoms with E-state index in [0.29, 0.717) is 0 Å². The second kappa shape index (κ2) is 7.71. The molecule has 0 aliphatic rings. The standard InChI is InChI=1S/C7H15.Ti/c1-4-7(5-2)6-3;/h4-6H2,1-3H3;/q-1;. The van der Waals surface area contributed by atoms with Crippen LogP contribution < -0.4 is 0 Å². The Labute approximate surface area is 67.9 Å². The molecular formula is C7H15Ti-. The summed E-state index contributed by atoms with van der Waals surface area (Å²) >= 11 is 0. The van der Waals surface area contributed by atoms with E-state index in [-0.39, 0.29) is 21.7 Å². The molecule has 0 fully saturated rings. The molecule has 0 N–H and O–H groups in total. The molecule has 0 unspecified atom stereocenters. The van der Waals surface area contributed by atoms with Crippen molar-refractivity contribution < 1.29 is 21.7 Å². The Morgan fingerprint density at radius 3 is 1.12 bits per heavy atom. The Bertz CT molecular complexity index is 25.9. The Balaban J connectivity index is 0. The Morgan fingerprint density at radius 1 is 0.875 bits per heavy atom. The third-order valence-electron chi connectivity index (χ3n) is 1.50. The van der Waals surface area contributed by atoms with Gasteiger partial charge in [-0.3, -0.25) is 0 Å². The number of rotatable bonds is 3. The molecule has 0 saturated carbocycles. The van der Waals surface area contributed by atoms with Gasteiger partial charge >= 0.3 is 0 Å². The van der Waals surface area contributed by atoms with Gasteiger partial charge in [-0.2, -0.15) is 19.3 Å². The third-order valence-corrected chi connectivity index (χ3v) is 1.50. The molecule has 0 amide bonds. The largest absolute Gasteiger partial charge is 0.314 e. The van der Waals surface area contributed by atoms with Gasteiger partial charge in [-0.05, 0) is 0 Å². The minimum Gasteiger partial charge on any atom is -0.314 e. The van der Waals surface area contributed by atoms with Crippen molar-refractivity contribution in [2.75, 3.05) is 0 Å². The summed E-state index contributed by atoms with van der Waals surface area (Å²) in [7, 11) is 0. The molecule has 0 aliphatic heterocycles. The second-order valence-corrected chi connectivity index (χ2v) is 1.81. The first kappa shape index (κ1) is 11.5. The number of hydrogen-bond donors (Lipinski definition) is 0. The van der Waals surface area contributed by atoms with Crippen LogP contribution in [0.4, 0.5) is 0 Å². The van der Waals surface area contributed by atoms with Crippen LogP contribution in [0.15, 0.2) is 0 Å². The van der Waals surface area contributed by atoms with Gasteiger partial charge in [-0.15, -0.1) is 0 Å². The maximum Gasteiger partial charge on any atom is 0 e. The SMILES string of the molecule is CC[C-](CC)CC.[Ti].